The molecule has 0 atom stereocenters. The molecule has 1 aromatic heterocycles. The van der Waals surface area contributed by atoms with Gasteiger partial charge in [-0.25, -0.2) is 9.78 Å². The van der Waals surface area contributed by atoms with E-state index < -0.39 is 18.1 Å². The number of methoxy groups -OCH3 is 1. The Labute approximate surface area is 124 Å². The first-order valence-corrected chi connectivity index (χ1v) is 6.76. The van der Waals surface area contributed by atoms with Crippen molar-refractivity contribution < 1.29 is 22.7 Å². The normalized spacial score (nSPS) is 16.9. The van der Waals surface area contributed by atoms with Crippen LogP contribution in [0.25, 0.3) is 0 Å². The SMILES string of the molecule is COC(=O)c1cnc(Cl)cc1N1CCC(C(F)(F)F)CC1. The van der Waals surface area contributed by atoms with Gasteiger partial charge in [0.15, 0.2) is 0 Å². The number of alkyl halides is 3. The van der Waals surface area contributed by atoms with Crippen molar-refractivity contribution in [2.75, 3.05) is 25.1 Å². The van der Waals surface area contributed by atoms with Crippen molar-refractivity contribution in [1.82, 2.24) is 4.98 Å². The molecule has 0 N–H and O–H groups in total. The van der Waals surface area contributed by atoms with Gasteiger partial charge >= 0.3 is 12.1 Å². The Balaban J connectivity index is 2.20. The Morgan fingerprint density at radius 1 is 1.43 bits per heavy atom. The molecule has 1 aliphatic heterocycles. The molecule has 1 fully saturated rings. The maximum Gasteiger partial charge on any atom is 0.391 e. The number of hydrogen-bond donors (Lipinski definition) is 0. The minimum Gasteiger partial charge on any atom is -0.465 e. The number of piperidine rings is 1. The van der Waals surface area contributed by atoms with Crippen LogP contribution < -0.4 is 4.90 Å². The van der Waals surface area contributed by atoms with Crippen LogP contribution in [0.3, 0.4) is 0 Å². The minimum absolute atomic E-state index is 0.00987. The third kappa shape index (κ3) is 3.58. The molecule has 0 aromatic carbocycles. The maximum atomic E-state index is 12.7. The average Bonchev–Trinajstić information content (AvgIpc) is 2.45. The van der Waals surface area contributed by atoms with Gasteiger partial charge in [0.2, 0.25) is 0 Å². The lowest BCUT2D eigenvalue weighted by molar-refractivity contribution is -0.179. The number of aromatic nitrogens is 1. The van der Waals surface area contributed by atoms with Gasteiger partial charge in [0.25, 0.3) is 0 Å². The highest BCUT2D eigenvalue weighted by molar-refractivity contribution is 6.29. The van der Waals surface area contributed by atoms with E-state index in [2.05, 4.69) is 9.72 Å². The largest absolute Gasteiger partial charge is 0.465 e. The average molecular weight is 323 g/mol. The molecule has 2 heterocycles. The number of nitrogens with zero attached hydrogens (tertiary/aromatic N) is 2. The highest BCUT2D eigenvalue weighted by Gasteiger charge is 2.41. The molecular weight excluding hydrogens is 309 g/mol. The van der Waals surface area contributed by atoms with E-state index in [1.807, 2.05) is 0 Å². The van der Waals surface area contributed by atoms with Gasteiger partial charge in [0.05, 0.1) is 18.7 Å². The number of rotatable bonds is 2. The molecule has 0 amide bonds. The monoisotopic (exact) mass is 322 g/mol. The van der Waals surface area contributed by atoms with Crippen molar-refractivity contribution >= 4 is 23.3 Å². The second kappa shape index (κ2) is 6.09. The fraction of sp³-hybridized carbons (Fsp3) is 0.538. The summed E-state index contributed by atoms with van der Waals surface area (Å²) in [6, 6.07) is 1.47. The van der Waals surface area contributed by atoms with E-state index in [0.717, 1.165) is 0 Å². The summed E-state index contributed by atoms with van der Waals surface area (Å²) in [5.74, 6) is -1.89. The van der Waals surface area contributed by atoms with Crippen LogP contribution in [0.5, 0.6) is 0 Å². The molecule has 2 rings (SSSR count). The summed E-state index contributed by atoms with van der Waals surface area (Å²) in [6.07, 6.45) is -2.92. The Morgan fingerprint density at radius 3 is 2.57 bits per heavy atom. The van der Waals surface area contributed by atoms with Crippen LogP contribution in [0.2, 0.25) is 5.15 Å². The molecule has 21 heavy (non-hydrogen) atoms. The lowest BCUT2D eigenvalue weighted by Crippen LogP contribution is -2.39. The summed E-state index contributed by atoms with van der Waals surface area (Å²) in [7, 11) is 1.23. The Morgan fingerprint density at radius 2 is 2.05 bits per heavy atom. The fourth-order valence-corrected chi connectivity index (χ4v) is 2.55. The van der Waals surface area contributed by atoms with Gasteiger partial charge in [0, 0.05) is 19.3 Å². The van der Waals surface area contributed by atoms with Gasteiger partial charge in [-0.2, -0.15) is 13.2 Å². The number of halogens is 4. The summed E-state index contributed by atoms with van der Waals surface area (Å²) in [5.41, 5.74) is 0.662. The molecule has 1 saturated heterocycles. The van der Waals surface area contributed by atoms with Crippen molar-refractivity contribution in [3.63, 3.8) is 0 Å². The third-order valence-corrected chi connectivity index (χ3v) is 3.76. The maximum absolute atomic E-state index is 12.7. The van der Waals surface area contributed by atoms with Crippen LogP contribution in [-0.4, -0.2) is 37.3 Å². The van der Waals surface area contributed by atoms with Gasteiger partial charge in [-0.15, -0.1) is 0 Å². The Hall–Kier alpha value is -1.50. The van der Waals surface area contributed by atoms with Gasteiger partial charge in [-0.3, -0.25) is 0 Å². The molecule has 0 saturated carbocycles. The van der Waals surface area contributed by atoms with Gasteiger partial charge in [-0.05, 0) is 18.9 Å². The Bertz CT molecular complexity index is 529. The predicted molar refractivity (Wildman–Crippen MR) is 71.6 cm³/mol. The molecule has 116 valence electrons. The van der Waals surface area contributed by atoms with Crippen LogP contribution in [-0.2, 0) is 4.74 Å². The van der Waals surface area contributed by atoms with Crippen molar-refractivity contribution in [2.45, 2.75) is 19.0 Å². The van der Waals surface area contributed by atoms with E-state index in [9.17, 15) is 18.0 Å². The molecule has 0 unspecified atom stereocenters. The van der Waals surface area contributed by atoms with E-state index in [1.165, 1.54) is 19.4 Å². The second-order valence-corrected chi connectivity index (χ2v) is 5.21. The summed E-state index contributed by atoms with van der Waals surface area (Å²) >= 11 is 5.82. The number of anilines is 1. The first-order chi connectivity index (χ1) is 9.82. The summed E-state index contributed by atoms with van der Waals surface area (Å²) in [6.45, 7) is 0.406. The van der Waals surface area contributed by atoms with Crippen molar-refractivity contribution in [1.29, 1.82) is 0 Å². The number of ether oxygens (including phenoxy) is 1. The van der Waals surface area contributed by atoms with E-state index in [1.54, 1.807) is 4.90 Å². The topological polar surface area (TPSA) is 42.4 Å². The third-order valence-electron chi connectivity index (χ3n) is 3.55. The van der Waals surface area contributed by atoms with Gasteiger partial charge < -0.3 is 9.64 Å². The lowest BCUT2D eigenvalue weighted by Gasteiger charge is -2.35. The van der Waals surface area contributed by atoms with Crippen LogP contribution in [0.4, 0.5) is 18.9 Å². The fourth-order valence-electron chi connectivity index (χ4n) is 2.40. The smallest absolute Gasteiger partial charge is 0.391 e. The molecule has 8 heteroatoms. The quantitative estimate of drug-likeness (QED) is 0.619. The van der Waals surface area contributed by atoms with Crippen molar-refractivity contribution in [3.05, 3.63) is 23.0 Å². The molecule has 1 aromatic rings. The first-order valence-electron chi connectivity index (χ1n) is 6.38. The summed E-state index contributed by atoms with van der Waals surface area (Å²) in [5, 5.41) is 0.176. The number of hydrogen-bond acceptors (Lipinski definition) is 4. The summed E-state index contributed by atoms with van der Waals surface area (Å²) < 4.78 is 42.7. The van der Waals surface area contributed by atoms with Crippen LogP contribution in [0.15, 0.2) is 12.3 Å². The summed E-state index contributed by atoms with van der Waals surface area (Å²) in [4.78, 5) is 17.2. The zero-order chi connectivity index (χ0) is 15.6. The zero-order valence-corrected chi connectivity index (χ0v) is 12.0. The molecule has 0 aliphatic carbocycles. The van der Waals surface area contributed by atoms with E-state index in [0.29, 0.717) is 5.69 Å². The molecule has 0 bridgehead atoms. The number of esters is 1. The second-order valence-electron chi connectivity index (χ2n) is 4.82. The van der Waals surface area contributed by atoms with Gasteiger partial charge in [0.1, 0.15) is 10.7 Å². The van der Waals surface area contributed by atoms with Crippen LogP contribution >= 0.6 is 11.6 Å². The number of carbonyl (C=O) groups is 1. The molecule has 0 spiro atoms. The van der Waals surface area contributed by atoms with Crippen LogP contribution in [0, 0.1) is 5.92 Å². The molecular formula is C13H14ClF3N2O2. The van der Waals surface area contributed by atoms with Crippen molar-refractivity contribution in [3.8, 4) is 0 Å². The number of pyridine rings is 1. The standard InChI is InChI=1S/C13H14ClF3N2O2/c1-21-12(20)9-7-18-11(14)6-10(9)19-4-2-8(3-5-19)13(15,16)17/h6-8H,2-5H2,1H3. The van der Waals surface area contributed by atoms with E-state index in [4.69, 9.17) is 11.6 Å². The first kappa shape index (κ1) is 15.9. The zero-order valence-electron chi connectivity index (χ0n) is 11.3. The molecule has 0 radical (unpaired) electrons. The Kier molecular flexibility index (Phi) is 4.61. The van der Waals surface area contributed by atoms with Crippen molar-refractivity contribution in [2.24, 2.45) is 5.92 Å². The molecule has 4 nitrogen and oxygen atoms in total. The lowest BCUT2D eigenvalue weighted by atomic mass is 9.95. The highest BCUT2D eigenvalue weighted by atomic mass is 35.5. The van der Waals surface area contributed by atoms with Crippen LogP contribution in [0.1, 0.15) is 23.2 Å². The number of carbonyl (C=O) groups excluding carboxylic acids is 1. The molecule has 1 aliphatic rings. The predicted octanol–water partition coefficient (Wildman–Crippen LogP) is 3.30. The van der Waals surface area contributed by atoms with E-state index >= 15 is 0 Å². The minimum atomic E-state index is -4.17. The highest BCUT2D eigenvalue weighted by Crippen LogP contribution is 2.36. The van der Waals surface area contributed by atoms with Gasteiger partial charge in [-0.1, -0.05) is 11.6 Å². The van der Waals surface area contributed by atoms with E-state index in [-0.39, 0.29) is 36.6 Å².